The zero-order valence-corrected chi connectivity index (χ0v) is 18.3. The van der Waals surface area contributed by atoms with Gasteiger partial charge in [-0.2, -0.15) is 0 Å². The SMILES string of the molecule is Clc1ccccc1Nc1cccc2c1-c1ccccc1C21C2CC3CC4CC1C2(C3)C4. The third-order valence-corrected chi connectivity index (χ3v) is 10.3. The fourth-order valence-electron chi connectivity index (χ4n) is 9.49. The Balaban J connectivity index is 1.36. The van der Waals surface area contributed by atoms with Crippen LogP contribution >= 0.6 is 11.6 Å². The van der Waals surface area contributed by atoms with Crippen molar-refractivity contribution in [1.82, 2.24) is 0 Å². The summed E-state index contributed by atoms with van der Waals surface area (Å²) in [5.74, 6) is 3.63. The molecule has 0 saturated heterocycles. The Bertz CT molecular complexity index is 1240. The monoisotopic (exact) mass is 423 g/mol. The van der Waals surface area contributed by atoms with Gasteiger partial charge in [0.15, 0.2) is 0 Å². The van der Waals surface area contributed by atoms with Crippen LogP contribution in [-0.2, 0) is 5.41 Å². The topological polar surface area (TPSA) is 12.0 Å². The van der Waals surface area contributed by atoms with Crippen LogP contribution in [0.5, 0.6) is 0 Å². The van der Waals surface area contributed by atoms with Gasteiger partial charge in [-0.05, 0) is 96.1 Å². The lowest BCUT2D eigenvalue weighted by Crippen LogP contribution is -2.62. The van der Waals surface area contributed by atoms with Crippen molar-refractivity contribution in [2.75, 3.05) is 5.32 Å². The Morgan fingerprint density at radius 3 is 2.19 bits per heavy atom. The summed E-state index contributed by atoms with van der Waals surface area (Å²) >= 11 is 6.52. The zero-order chi connectivity index (χ0) is 20.4. The molecule has 154 valence electrons. The lowest BCUT2D eigenvalue weighted by atomic mass is 9.38. The first-order valence-corrected chi connectivity index (χ1v) is 12.3. The second-order valence-electron chi connectivity index (χ2n) is 10.9. The van der Waals surface area contributed by atoms with Gasteiger partial charge in [0, 0.05) is 16.7 Å². The zero-order valence-electron chi connectivity index (χ0n) is 17.6. The number of benzene rings is 3. The van der Waals surface area contributed by atoms with Gasteiger partial charge in [0.05, 0.1) is 10.7 Å². The standard InChI is InChI=1S/C29H26ClN/c30-22-9-3-4-10-23(22)31-24-11-5-8-21-27(24)19-6-1-2-7-20(19)29(21)25-13-17-12-18-14-26(29)28(25,15-17)16-18/h1-11,17-18,25-26,31H,12-16H2. The third kappa shape index (κ3) is 1.85. The molecule has 3 aromatic carbocycles. The lowest BCUT2D eigenvalue weighted by Gasteiger charge is -2.64. The Hall–Kier alpha value is -2.25. The summed E-state index contributed by atoms with van der Waals surface area (Å²) < 4.78 is 0. The molecule has 4 fully saturated rings. The quantitative estimate of drug-likeness (QED) is 0.443. The molecule has 1 N–H and O–H groups in total. The number of halogens is 1. The predicted octanol–water partition coefficient (Wildman–Crippen LogP) is 7.81. The molecule has 3 bridgehead atoms. The average molecular weight is 424 g/mol. The highest BCUT2D eigenvalue weighted by Crippen LogP contribution is 2.85. The minimum absolute atomic E-state index is 0.244. The van der Waals surface area contributed by atoms with Crippen molar-refractivity contribution in [3.05, 3.63) is 82.9 Å². The highest BCUT2D eigenvalue weighted by Gasteiger charge is 2.79. The van der Waals surface area contributed by atoms with Crippen LogP contribution in [0, 0.1) is 29.1 Å². The van der Waals surface area contributed by atoms with Crippen molar-refractivity contribution in [2.45, 2.75) is 37.5 Å². The van der Waals surface area contributed by atoms with Crippen LogP contribution < -0.4 is 5.32 Å². The van der Waals surface area contributed by atoms with Crippen LogP contribution in [0.4, 0.5) is 11.4 Å². The number of fused-ring (bicyclic) bond motifs is 9. The molecule has 5 aliphatic rings. The Kier molecular flexibility index (Phi) is 3.11. The second-order valence-corrected chi connectivity index (χ2v) is 11.3. The van der Waals surface area contributed by atoms with Crippen LogP contribution in [0.15, 0.2) is 66.7 Å². The van der Waals surface area contributed by atoms with Crippen molar-refractivity contribution in [3.63, 3.8) is 0 Å². The van der Waals surface area contributed by atoms with Crippen molar-refractivity contribution < 1.29 is 0 Å². The molecule has 0 radical (unpaired) electrons. The second kappa shape index (κ2) is 5.56. The van der Waals surface area contributed by atoms with Crippen molar-refractivity contribution in [3.8, 4) is 11.1 Å². The van der Waals surface area contributed by atoms with E-state index in [1.807, 2.05) is 12.1 Å². The smallest absolute Gasteiger partial charge is 0.0640 e. The molecule has 31 heavy (non-hydrogen) atoms. The molecule has 2 spiro atoms. The molecular formula is C29H26ClN. The number of rotatable bonds is 2. The predicted molar refractivity (Wildman–Crippen MR) is 127 cm³/mol. The largest absolute Gasteiger partial charge is 0.354 e. The van der Waals surface area contributed by atoms with Gasteiger partial charge < -0.3 is 5.32 Å². The van der Waals surface area contributed by atoms with E-state index in [9.17, 15) is 0 Å². The fraction of sp³-hybridized carbons (Fsp3) is 0.379. The number of hydrogen-bond acceptors (Lipinski definition) is 1. The molecule has 0 heterocycles. The van der Waals surface area contributed by atoms with Crippen LogP contribution in [0.2, 0.25) is 5.02 Å². The van der Waals surface area contributed by atoms with Gasteiger partial charge in [0.25, 0.3) is 0 Å². The van der Waals surface area contributed by atoms with E-state index in [1.165, 1.54) is 48.9 Å². The molecule has 4 saturated carbocycles. The van der Waals surface area contributed by atoms with E-state index in [1.54, 1.807) is 11.1 Å². The van der Waals surface area contributed by atoms with Gasteiger partial charge in [0.1, 0.15) is 0 Å². The van der Waals surface area contributed by atoms with Crippen molar-refractivity contribution >= 4 is 23.0 Å². The number of anilines is 2. The number of nitrogens with one attached hydrogen (secondary N) is 1. The maximum absolute atomic E-state index is 6.52. The summed E-state index contributed by atoms with van der Waals surface area (Å²) in [6.07, 6.45) is 7.42. The van der Waals surface area contributed by atoms with Crippen LogP contribution in [0.3, 0.4) is 0 Å². The maximum atomic E-state index is 6.52. The Morgan fingerprint density at radius 1 is 0.710 bits per heavy atom. The van der Waals surface area contributed by atoms with E-state index >= 15 is 0 Å². The molecular weight excluding hydrogens is 398 g/mol. The van der Waals surface area contributed by atoms with Crippen LogP contribution in [0.25, 0.3) is 11.1 Å². The molecule has 4 unspecified atom stereocenters. The van der Waals surface area contributed by atoms with E-state index in [0.29, 0.717) is 5.41 Å². The highest BCUT2D eigenvalue weighted by molar-refractivity contribution is 6.33. The molecule has 2 heteroatoms. The Labute approximate surface area is 188 Å². The van der Waals surface area contributed by atoms with Crippen LogP contribution in [-0.4, -0.2) is 0 Å². The van der Waals surface area contributed by atoms with Gasteiger partial charge in [-0.25, -0.2) is 0 Å². The average Bonchev–Trinajstić information content (AvgIpc) is 3.31. The van der Waals surface area contributed by atoms with E-state index in [0.717, 1.165) is 34.4 Å². The Morgan fingerprint density at radius 2 is 1.39 bits per heavy atom. The molecule has 4 atom stereocenters. The number of hydrogen-bond donors (Lipinski definition) is 1. The maximum Gasteiger partial charge on any atom is 0.0640 e. The molecule has 0 amide bonds. The molecule has 3 aromatic rings. The fourth-order valence-corrected chi connectivity index (χ4v) is 9.67. The summed E-state index contributed by atoms with van der Waals surface area (Å²) in [5, 5.41) is 4.48. The van der Waals surface area contributed by atoms with E-state index in [-0.39, 0.29) is 5.41 Å². The summed E-state index contributed by atoms with van der Waals surface area (Å²) in [4.78, 5) is 0. The molecule has 8 rings (SSSR count). The first-order valence-electron chi connectivity index (χ1n) is 12.0. The van der Waals surface area contributed by atoms with Gasteiger partial charge in [-0.3, -0.25) is 0 Å². The summed E-state index contributed by atoms with van der Waals surface area (Å²) in [6.45, 7) is 0. The van der Waals surface area contributed by atoms with E-state index in [4.69, 9.17) is 11.6 Å². The lowest BCUT2D eigenvalue weighted by molar-refractivity contribution is -0.0820. The molecule has 0 aromatic heterocycles. The molecule has 5 aliphatic carbocycles. The normalized spacial score (nSPS) is 37.5. The third-order valence-electron chi connectivity index (χ3n) is 9.92. The van der Waals surface area contributed by atoms with E-state index < -0.39 is 0 Å². The van der Waals surface area contributed by atoms with Crippen LogP contribution in [0.1, 0.15) is 43.2 Å². The summed E-state index contributed by atoms with van der Waals surface area (Å²) in [6, 6.07) is 24.4. The van der Waals surface area contributed by atoms with Gasteiger partial charge in [0.2, 0.25) is 0 Å². The highest BCUT2D eigenvalue weighted by atomic mass is 35.5. The summed E-state index contributed by atoms with van der Waals surface area (Å²) in [5.41, 5.74) is 9.18. The number of para-hydroxylation sites is 1. The summed E-state index contributed by atoms with van der Waals surface area (Å²) in [7, 11) is 0. The minimum Gasteiger partial charge on any atom is -0.354 e. The van der Waals surface area contributed by atoms with Crippen molar-refractivity contribution in [1.29, 1.82) is 0 Å². The minimum atomic E-state index is 0.244. The first kappa shape index (κ1) is 17.3. The first-order chi connectivity index (χ1) is 15.2. The molecule has 1 nitrogen and oxygen atoms in total. The van der Waals surface area contributed by atoms with Gasteiger partial charge in [-0.15, -0.1) is 0 Å². The van der Waals surface area contributed by atoms with Gasteiger partial charge in [-0.1, -0.05) is 60.1 Å². The van der Waals surface area contributed by atoms with E-state index in [2.05, 4.69) is 59.9 Å². The van der Waals surface area contributed by atoms with Gasteiger partial charge >= 0.3 is 0 Å². The van der Waals surface area contributed by atoms with Crippen molar-refractivity contribution in [2.24, 2.45) is 29.1 Å². The molecule has 0 aliphatic heterocycles.